The molecule has 122 valence electrons. The van der Waals surface area contributed by atoms with Crippen molar-refractivity contribution in [1.82, 2.24) is 9.62 Å². The second-order valence-electron chi connectivity index (χ2n) is 6.02. The van der Waals surface area contributed by atoms with E-state index in [0.29, 0.717) is 11.4 Å². The number of rotatable bonds is 3. The summed E-state index contributed by atoms with van der Waals surface area (Å²) in [5, 5.41) is 2.57. The Bertz CT molecular complexity index is 683. The normalized spacial score (nSPS) is 17.1. The monoisotopic (exact) mass is 390 g/mol. The minimum absolute atomic E-state index is 0.198. The van der Waals surface area contributed by atoms with Crippen molar-refractivity contribution in [3.05, 3.63) is 28.2 Å². The van der Waals surface area contributed by atoms with E-state index in [2.05, 4.69) is 21.2 Å². The number of sulfonamides is 1. The molecule has 1 N–H and O–H groups in total. The molecule has 0 atom stereocenters. The third-order valence-electron chi connectivity index (χ3n) is 3.02. The van der Waals surface area contributed by atoms with Crippen LogP contribution in [0.15, 0.2) is 27.6 Å². The largest absolute Gasteiger partial charge is 0.444 e. The predicted molar refractivity (Wildman–Crippen MR) is 86.0 cm³/mol. The molecule has 0 bridgehead atoms. The van der Waals surface area contributed by atoms with Crippen LogP contribution in [0.5, 0.6) is 0 Å². The number of amides is 1. The smallest absolute Gasteiger partial charge is 0.407 e. The zero-order valence-electron chi connectivity index (χ0n) is 12.7. The zero-order chi connectivity index (χ0) is 16.5. The lowest BCUT2D eigenvalue weighted by molar-refractivity contribution is 0.0525. The van der Waals surface area contributed by atoms with Gasteiger partial charge < -0.3 is 10.1 Å². The van der Waals surface area contributed by atoms with Gasteiger partial charge in [0.15, 0.2) is 0 Å². The van der Waals surface area contributed by atoms with E-state index in [1.807, 2.05) is 0 Å². The molecule has 0 fully saturated rings. The minimum atomic E-state index is -3.48. The highest BCUT2D eigenvalue weighted by Gasteiger charge is 2.34. The van der Waals surface area contributed by atoms with Crippen molar-refractivity contribution in [3.63, 3.8) is 0 Å². The fourth-order valence-corrected chi connectivity index (χ4v) is 4.16. The van der Waals surface area contributed by atoms with Crippen LogP contribution >= 0.6 is 15.9 Å². The molecule has 0 saturated heterocycles. The van der Waals surface area contributed by atoms with Crippen molar-refractivity contribution < 1.29 is 17.9 Å². The number of carbonyl (C=O) groups is 1. The first-order valence-electron chi connectivity index (χ1n) is 6.85. The van der Waals surface area contributed by atoms with Crippen LogP contribution in [0.3, 0.4) is 0 Å². The number of nitrogens with one attached hydrogen (secondary N) is 1. The molecule has 0 saturated carbocycles. The first kappa shape index (κ1) is 17.2. The van der Waals surface area contributed by atoms with Crippen molar-refractivity contribution in [2.24, 2.45) is 0 Å². The van der Waals surface area contributed by atoms with E-state index in [9.17, 15) is 13.2 Å². The van der Waals surface area contributed by atoms with Gasteiger partial charge >= 0.3 is 6.09 Å². The summed E-state index contributed by atoms with van der Waals surface area (Å²) in [6.45, 7) is 6.02. The van der Waals surface area contributed by atoms with Crippen molar-refractivity contribution in [1.29, 1.82) is 0 Å². The topological polar surface area (TPSA) is 75.7 Å². The molecule has 0 aliphatic carbocycles. The van der Waals surface area contributed by atoms with Gasteiger partial charge in [-0.1, -0.05) is 15.9 Å². The minimum Gasteiger partial charge on any atom is -0.444 e. The highest BCUT2D eigenvalue weighted by molar-refractivity contribution is 9.10. The first-order chi connectivity index (χ1) is 10.1. The van der Waals surface area contributed by atoms with Crippen LogP contribution in [0.25, 0.3) is 0 Å². The Labute approximate surface area is 139 Å². The highest BCUT2D eigenvalue weighted by atomic mass is 79.9. The Kier molecular flexibility index (Phi) is 4.84. The number of ether oxygens (including phenoxy) is 1. The molecule has 1 amide bonds. The highest BCUT2D eigenvalue weighted by Crippen LogP contribution is 2.31. The third-order valence-corrected chi connectivity index (χ3v) is 5.46. The summed E-state index contributed by atoms with van der Waals surface area (Å²) in [6, 6.07) is 5.10. The third kappa shape index (κ3) is 3.99. The molecule has 2 rings (SSSR count). The van der Waals surface area contributed by atoms with E-state index in [-0.39, 0.29) is 13.1 Å². The Hall–Kier alpha value is -1.12. The second-order valence-corrected chi connectivity index (χ2v) is 8.84. The summed E-state index contributed by atoms with van der Waals surface area (Å²) in [5.41, 5.74) is 0.179. The van der Waals surface area contributed by atoms with Gasteiger partial charge in [0.1, 0.15) is 5.60 Å². The summed E-state index contributed by atoms with van der Waals surface area (Å²) in [4.78, 5) is 11.9. The van der Waals surface area contributed by atoms with Crippen LogP contribution in [0.2, 0.25) is 0 Å². The fourth-order valence-electron chi connectivity index (χ4n) is 2.13. The van der Waals surface area contributed by atoms with E-state index < -0.39 is 21.7 Å². The number of hydrogen-bond donors (Lipinski definition) is 1. The quantitative estimate of drug-likeness (QED) is 0.859. The number of halogens is 1. The summed E-state index contributed by atoms with van der Waals surface area (Å²) in [5.74, 6) is 0. The van der Waals surface area contributed by atoms with Gasteiger partial charge in [-0.2, -0.15) is 4.31 Å². The maximum absolute atomic E-state index is 12.4. The summed E-state index contributed by atoms with van der Waals surface area (Å²) >= 11 is 3.34. The van der Waals surface area contributed by atoms with Gasteiger partial charge in [0.2, 0.25) is 10.0 Å². The second kappa shape index (κ2) is 6.17. The number of fused-ring (bicyclic) bond motifs is 1. The van der Waals surface area contributed by atoms with Gasteiger partial charge in [-0.3, -0.25) is 0 Å². The standard InChI is InChI=1S/C14H19BrN2O4S/c1-14(2,3)21-13(18)16-6-7-17-9-10-8-11(15)4-5-12(10)22(17,19)20/h4-5,8H,6-7,9H2,1-3H3,(H,16,18). The van der Waals surface area contributed by atoms with Gasteiger partial charge in [-0.05, 0) is 44.5 Å². The van der Waals surface area contributed by atoms with Crippen molar-refractivity contribution in [2.45, 2.75) is 37.8 Å². The van der Waals surface area contributed by atoms with Gasteiger partial charge in [0, 0.05) is 24.1 Å². The number of hydrogen-bond acceptors (Lipinski definition) is 4. The van der Waals surface area contributed by atoms with Crippen LogP contribution in [0.4, 0.5) is 4.79 Å². The molecule has 6 nitrogen and oxygen atoms in total. The lowest BCUT2D eigenvalue weighted by Crippen LogP contribution is -2.38. The molecule has 8 heteroatoms. The van der Waals surface area contributed by atoms with Gasteiger partial charge in [-0.25, -0.2) is 13.2 Å². The fraction of sp³-hybridized carbons (Fsp3) is 0.500. The van der Waals surface area contributed by atoms with Crippen LogP contribution in [0, 0.1) is 0 Å². The number of nitrogens with zero attached hydrogens (tertiary/aromatic N) is 1. The average molecular weight is 391 g/mol. The molecule has 1 heterocycles. The molecular formula is C14H19BrN2O4S. The van der Waals surface area contributed by atoms with Crippen molar-refractivity contribution in [3.8, 4) is 0 Å². The van der Waals surface area contributed by atoms with E-state index in [1.54, 1.807) is 39.0 Å². The number of benzene rings is 1. The number of carbonyl (C=O) groups excluding carboxylic acids is 1. The van der Waals surface area contributed by atoms with Crippen LogP contribution in [-0.2, 0) is 21.3 Å². The van der Waals surface area contributed by atoms with E-state index >= 15 is 0 Å². The van der Waals surface area contributed by atoms with Crippen molar-refractivity contribution in [2.75, 3.05) is 13.1 Å². The Balaban J connectivity index is 1.95. The Morgan fingerprint density at radius 3 is 2.73 bits per heavy atom. The van der Waals surface area contributed by atoms with Gasteiger partial charge in [0.25, 0.3) is 0 Å². The molecule has 1 aromatic rings. The van der Waals surface area contributed by atoms with E-state index in [0.717, 1.165) is 10.0 Å². The molecule has 0 aromatic heterocycles. The van der Waals surface area contributed by atoms with Crippen molar-refractivity contribution >= 4 is 32.0 Å². The lowest BCUT2D eigenvalue weighted by atomic mass is 10.2. The molecular weight excluding hydrogens is 372 g/mol. The SMILES string of the molecule is CC(C)(C)OC(=O)NCCN1Cc2cc(Br)ccc2S1(=O)=O. The summed E-state index contributed by atoms with van der Waals surface area (Å²) in [7, 11) is -3.48. The molecule has 1 aromatic carbocycles. The van der Waals surface area contributed by atoms with Gasteiger partial charge in [0.05, 0.1) is 4.90 Å². The molecule has 1 aliphatic heterocycles. The van der Waals surface area contributed by atoms with Crippen LogP contribution in [0.1, 0.15) is 26.3 Å². The zero-order valence-corrected chi connectivity index (χ0v) is 15.1. The molecule has 0 spiro atoms. The molecule has 0 radical (unpaired) electrons. The summed E-state index contributed by atoms with van der Waals surface area (Å²) < 4.78 is 32.0. The number of alkyl carbamates (subject to hydrolysis) is 1. The molecule has 22 heavy (non-hydrogen) atoms. The maximum atomic E-state index is 12.4. The Morgan fingerprint density at radius 1 is 1.41 bits per heavy atom. The van der Waals surface area contributed by atoms with E-state index in [1.165, 1.54) is 4.31 Å². The maximum Gasteiger partial charge on any atom is 0.407 e. The van der Waals surface area contributed by atoms with E-state index in [4.69, 9.17) is 4.74 Å². The first-order valence-corrected chi connectivity index (χ1v) is 9.08. The molecule has 0 unspecified atom stereocenters. The molecule has 1 aliphatic rings. The summed E-state index contributed by atoms with van der Waals surface area (Å²) in [6.07, 6.45) is -0.552. The predicted octanol–water partition coefficient (Wildman–Crippen LogP) is 2.48. The average Bonchev–Trinajstić information content (AvgIpc) is 2.58. The lowest BCUT2D eigenvalue weighted by Gasteiger charge is -2.20. The Morgan fingerprint density at radius 2 is 2.09 bits per heavy atom. The van der Waals surface area contributed by atoms with Gasteiger partial charge in [-0.15, -0.1) is 0 Å². The van der Waals surface area contributed by atoms with Crippen LogP contribution in [-0.4, -0.2) is 37.5 Å². The van der Waals surface area contributed by atoms with Crippen LogP contribution < -0.4 is 5.32 Å².